The first-order valence-corrected chi connectivity index (χ1v) is 4.84. The van der Waals surface area contributed by atoms with Gasteiger partial charge in [-0.1, -0.05) is 11.6 Å². The molecule has 70 valence electrons. The first kappa shape index (κ1) is 10.4. The molecule has 0 aliphatic carbocycles. The minimum absolute atomic E-state index is 0.624. The topological polar surface area (TPSA) is 33.1 Å². The predicted molar refractivity (Wildman–Crippen MR) is 56.3 cm³/mol. The molecule has 1 N–H and O–H groups in total. The molecule has 1 aromatic heterocycles. The summed E-state index contributed by atoms with van der Waals surface area (Å²) in [6.07, 6.45) is 2.82. The largest absolute Gasteiger partial charge is 0.383 e. The smallest absolute Gasteiger partial charge is 0.115 e. The van der Waals surface area contributed by atoms with Crippen molar-refractivity contribution in [2.75, 3.05) is 0 Å². The summed E-state index contributed by atoms with van der Waals surface area (Å²) >= 11 is 3.34. The molecule has 0 saturated carbocycles. The van der Waals surface area contributed by atoms with Crippen molar-refractivity contribution in [3.63, 3.8) is 0 Å². The Morgan fingerprint density at radius 3 is 2.85 bits per heavy atom. The number of aliphatic hydroxyl groups is 1. The van der Waals surface area contributed by atoms with E-state index in [0.717, 1.165) is 10.0 Å². The molecule has 0 amide bonds. The Morgan fingerprint density at radius 2 is 2.31 bits per heavy atom. The van der Waals surface area contributed by atoms with Crippen LogP contribution in [0.15, 0.2) is 34.5 Å². The fraction of sp³-hybridized carbons (Fsp3) is 0.300. The van der Waals surface area contributed by atoms with Crippen LogP contribution in [0.25, 0.3) is 0 Å². The second-order valence-electron chi connectivity index (χ2n) is 3.06. The lowest BCUT2D eigenvalue weighted by molar-refractivity contribution is 0.222. The SMILES string of the molecule is CC(C)=CC(O)c1ncccc1Br. The molecule has 1 rings (SSSR count). The van der Waals surface area contributed by atoms with Gasteiger partial charge >= 0.3 is 0 Å². The summed E-state index contributed by atoms with van der Waals surface area (Å²) in [5.41, 5.74) is 1.73. The second-order valence-corrected chi connectivity index (χ2v) is 3.91. The molecular weight excluding hydrogens is 230 g/mol. The summed E-state index contributed by atoms with van der Waals surface area (Å²) in [6.45, 7) is 3.89. The quantitative estimate of drug-likeness (QED) is 0.809. The fourth-order valence-corrected chi connectivity index (χ4v) is 1.50. The van der Waals surface area contributed by atoms with E-state index in [-0.39, 0.29) is 0 Å². The molecule has 0 radical (unpaired) electrons. The van der Waals surface area contributed by atoms with Crippen LogP contribution < -0.4 is 0 Å². The molecule has 0 fully saturated rings. The maximum absolute atomic E-state index is 9.70. The Bertz CT molecular complexity index is 318. The Hall–Kier alpha value is -0.670. The lowest BCUT2D eigenvalue weighted by atomic mass is 10.2. The maximum atomic E-state index is 9.70. The summed E-state index contributed by atoms with van der Waals surface area (Å²) in [4.78, 5) is 4.09. The van der Waals surface area contributed by atoms with Gasteiger partial charge in [0.05, 0.1) is 5.69 Å². The average Bonchev–Trinajstić information content (AvgIpc) is 2.03. The van der Waals surface area contributed by atoms with Gasteiger partial charge in [0.2, 0.25) is 0 Å². The third kappa shape index (κ3) is 2.94. The third-order valence-electron chi connectivity index (χ3n) is 1.56. The van der Waals surface area contributed by atoms with E-state index in [0.29, 0.717) is 5.69 Å². The highest BCUT2D eigenvalue weighted by atomic mass is 79.9. The van der Waals surface area contributed by atoms with E-state index < -0.39 is 6.10 Å². The average molecular weight is 242 g/mol. The number of hydrogen-bond acceptors (Lipinski definition) is 2. The van der Waals surface area contributed by atoms with E-state index in [1.54, 1.807) is 12.3 Å². The summed E-state index contributed by atoms with van der Waals surface area (Å²) in [5, 5.41) is 9.70. The number of allylic oxidation sites excluding steroid dienone is 1. The minimum Gasteiger partial charge on any atom is -0.383 e. The molecule has 1 unspecified atom stereocenters. The summed E-state index contributed by atoms with van der Waals surface area (Å²) in [6, 6.07) is 3.69. The van der Waals surface area contributed by atoms with Crippen LogP contribution in [-0.4, -0.2) is 10.1 Å². The molecule has 0 saturated heterocycles. The highest BCUT2D eigenvalue weighted by molar-refractivity contribution is 9.10. The van der Waals surface area contributed by atoms with Crippen molar-refractivity contribution in [3.8, 4) is 0 Å². The standard InChI is InChI=1S/C10H12BrNO/c1-7(2)6-9(13)10-8(11)4-3-5-12-10/h3-6,9,13H,1-2H3. The second kappa shape index (κ2) is 4.53. The molecule has 0 aromatic carbocycles. The van der Waals surface area contributed by atoms with Crippen molar-refractivity contribution in [2.45, 2.75) is 20.0 Å². The van der Waals surface area contributed by atoms with E-state index in [4.69, 9.17) is 0 Å². The fourth-order valence-electron chi connectivity index (χ4n) is 1.01. The van der Waals surface area contributed by atoms with E-state index in [1.807, 2.05) is 26.0 Å². The molecule has 13 heavy (non-hydrogen) atoms. The molecule has 1 atom stereocenters. The highest BCUT2D eigenvalue weighted by Gasteiger charge is 2.08. The van der Waals surface area contributed by atoms with Gasteiger partial charge in [0, 0.05) is 10.7 Å². The van der Waals surface area contributed by atoms with Crippen LogP contribution in [0.2, 0.25) is 0 Å². The summed E-state index contributed by atoms with van der Waals surface area (Å²) < 4.78 is 0.833. The minimum atomic E-state index is -0.624. The summed E-state index contributed by atoms with van der Waals surface area (Å²) in [7, 11) is 0. The molecule has 0 bridgehead atoms. The lowest BCUT2D eigenvalue weighted by Gasteiger charge is -2.07. The molecule has 1 aromatic rings. The van der Waals surface area contributed by atoms with Gasteiger partial charge in [-0.3, -0.25) is 4.98 Å². The van der Waals surface area contributed by atoms with Crippen LogP contribution >= 0.6 is 15.9 Å². The number of rotatable bonds is 2. The Morgan fingerprint density at radius 1 is 1.62 bits per heavy atom. The van der Waals surface area contributed by atoms with Gasteiger partial charge in [-0.15, -0.1) is 0 Å². The number of pyridine rings is 1. The zero-order valence-electron chi connectivity index (χ0n) is 7.66. The molecule has 1 heterocycles. The van der Waals surface area contributed by atoms with Crippen LogP contribution in [0.3, 0.4) is 0 Å². The van der Waals surface area contributed by atoms with E-state index in [1.165, 1.54) is 0 Å². The van der Waals surface area contributed by atoms with Crippen LogP contribution in [-0.2, 0) is 0 Å². The number of hydrogen-bond donors (Lipinski definition) is 1. The zero-order valence-corrected chi connectivity index (χ0v) is 9.25. The van der Waals surface area contributed by atoms with E-state index >= 15 is 0 Å². The van der Waals surface area contributed by atoms with Crippen molar-refractivity contribution < 1.29 is 5.11 Å². The maximum Gasteiger partial charge on any atom is 0.115 e. The molecule has 0 aliphatic rings. The predicted octanol–water partition coefficient (Wildman–Crippen LogP) is 2.84. The molecule has 0 aliphatic heterocycles. The molecular formula is C10H12BrNO. The van der Waals surface area contributed by atoms with Crippen molar-refractivity contribution >= 4 is 15.9 Å². The first-order chi connectivity index (χ1) is 6.11. The van der Waals surface area contributed by atoms with Gasteiger partial charge in [0.15, 0.2) is 0 Å². The van der Waals surface area contributed by atoms with E-state index in [2.05, 4.69) is 20.9 Å². The number of aromatic nitrogens is 1. The van der Waals surface area contributed by atoms with Crippen LogP contribution in [0.1, 0.15) is 25.6 Å². The molecule has 0 spiro atoms. The van der Waals surface area contributed by atoms with Gasteiger partial charge in [0.25, 0.3) is 0 Å². The zero-order chi connectivity index (χ0) is 9.84. The van der Waals surface area contributed by atoms with Gasteiger partial charge in [-0.25, -0.2) is 0 Å². The monoisotopic (exact) mass is 241 g/mol. The summed E-state index contributed by atoms with van der Waals surface area (Å²) in [5.74, 6) is 0. The van der Waals surface area contributed by atoms with Crippen molar-refractivity contribution in [1.29, 1.82) is 0 Å². The number of aliphatic hydroxyl groups excluding tert-OH is 1. The normalized spacial score (nSPS) is 12.3. The highest BCUT2D eigenvalue weighted by Crippen LogP contribution is 2.22. The van der Waals surface area contributed by atoms with Gasteiger partial charge in [-0.2, -0.15) is 0 Å². The van der Waals surface area contributed by atoms with E-state index in [9.17, 15) is 5.11 Å². The molecule has 2 nitrogen and oxygen atoms in total. The number of halogens is 1. The van der Waals surface area contributed by atoms with Crippen molar-refractivity contribution in [2.24, 2.45) is 0 Å². The number of nitrogens with zero attached hydrogens (tertiary/aromatic N) is 1. The molecule has 3 heteroatoms. The van der Waals surface area contributed by atoms with Gasteiger partial charge in [-0.05, 0) is 41.9 Å². The van der Waals surface area contributed by atoms with Crippen molar-refractivity contribution in [3.05, 3.63) is 40.1 Å². The first-order valence-electron chi connectivity index (χ1n) is 4.05. The van der Waals surface area contributed by atoms with Crippen LogP contribution in [0.4, 0.5) is 0 Å². The third-order valence-corrected chi connectivity index (χ3v) is 2.23. The van der Waals surface area contributed by atoms with Gasteiger partial charge < -0.3 is 5.11 Å². The van der Waals surface area contributed by atoms with Crippen molar-refractivity contribution in [1.82, 2.24) is 4.98 Å². The lowest BCUT2D eigenvalue weighted by Crippen LogP contribution is -1.98. The van der Waals surface area contributed by atoms with Crippen LogP contribution in [0, 0.1) is 0 Å². The Balaban J connectivity index is 2.95. The Labute approximate surface area is 86.4 Å². The van der Waals surface area contributed by atoms with Crippen LogP contribution in [0.5, 0.6) is 0 Å². The van der Waals surface area contributed by atoms with Gasteiger partial charge in [0.1, 0.15) is 6.10 Å². The Kier molecular flexibility index (Phi) is 3.63.